The molecule has 0 heterocycles. The first-order chi connectivity index (χ1) is 10.5. The van der Waals surface area contributed by atoms with Crippen molar-refractivity contribution in [2.24, 2.45) is 11.3 Å². The van der Waals surface area contributed by atoms with Gasteiger partial charge in [0.25, 0.3) is 0 Å². The minimum atomic E-state index is -0.489. The highest BCUT2D eigenvalue weighted by atomic mass is 16.5. The fourth-order valence-corrected chi connectivity index (χ4v) is 3.42. The molecule has 120 valence electrons. The molecule has 0 aliphatic heterocycles. The van der Waals surface area contributed by atoms with Crippen molar-refractivity contribution in [3.05, 3.63) is 30.3 Å². The van der Waals surface area contributed by atoms with Crippen LogP contribution < -0.4 is 4.90 Å². The maximum atomic E-state index is 13.0. The summed E-state index contributed by atoms with van der Waals surface area (Å²) in [5, 5.41) is 0. The van der Waals surface area contributed by atoms with E-state index in [2.05, 4.69) is 0 Å². The Morgan fingerprint density at radius 1 is 1.32 bits per heavy atom. The molecule has 0 bridgehead atoms. The molecule has 0 aromatic heterocycles. The van der Waals surface area contributed by atoms with E-state index in [0.717, 1.165) is 24.9 Å². The summed E-state index contributed by atoms with van der Waals surface area (Å²) < 4.78 is 5.06. The number of hydrogen-bond donors (Lipinski definition) is 0. The Bertz CT molecular complexity index is 528. The zero-order valence-electron chi connectivity index (χ0n) is 13.7. The molecule has 2 atom stereocenters. The Morgan fingerprint density at radius 2 is 2.00 bits per heavy atom. The Hall–Kier alpha value is -1.84. The van der Waals surface area contributed by atoms with E-state index in [0.29, 0.717) is 13.0 Å². The highest BCUT2D eigenvalue weighted by Gasteiger charge is 2.47. The fourth-order valence-electron chi connectivity index (χ4n) is 3.42. The monoisotopic (exact) mass is 303 g/mol. The van der Waals surface area contributed by atoms with E-state index in [1.54, 1.807) is 11.8 Å². The van der Waals surface area contributed by atoms with E-state index in [4.69, 9.17) is 4.74 Å². The topological polar surface area (TPSA) is 46.6 Å². The van der Waals surface area contributed by atoms with Crippen molar-refractivity contribution >= 4 is 17.6 Å². The first kappa shape index (κ1) is 16.5. The molecule has 1 aliphatic rings. The molecule has 4 heteroatoms. The van der Waals surface area contributed by atoms with Crippen LogP contribution in [0.1, 0.15) is 39.5 Å². The number of nitrogens with zero attached hydrogens (tertiary/aromatic N) is 1. The van der Waals surface area contributed by atoms with Crippen molar-refractivity contribution in [1.29, 1.82) is 0 Å². The summed E-state index contributed by atoms with van der Waals surface area (Å²) in [7, 11) is 1.81. The predicted molar refractivity (Wildman–Crippen MR) is 86.6 cm³/mol. The molecule has 1 aromatic rings. The van der Waals surface area contributed by atoms with Gasteiger partial charge in [0.05, 0.1) is 12.0 Å². The quantitative estimate of drug-likeness (QED) is 0.783. The molecular weight excluding hydrogens is 278 g/mol. The second-order valence-electron chi connectivity index (χ2n) is 6.22. The predicted octanol–water partition coefficient (Wildman–Crippen LogP) is 3.41. The van der Waals surface area contributed by atoms with Gasteiger partial charge in [-0.15, -0.1) is 0 Å². The minimum absolute atomic E-state index is 0.0604. The molecule has 0 radical (unpaired) electrons. The number of para-hydroxylation sites is 1. The van der Waals surface area contributed by atoms with Crippen molar-refractivity contribution in [3.63, 3.8) is 0 Å². The zero-order chi connectivity index (χ0) is 16.2. The first-order valence-electron chi connectivity index (χ1n) is 7.98. The second kappa shape index (κ2) is 6.95. The van der Waals surface area contributed by atoms with Crippen LogP contribution in [0.25, 0.3) is 0 Å². The molecule has 1 aromatic carbocycles. The number of amides is 1. The maximum Gasteiger partial charge on any atom is 0.306 e. The van der Waals surface area contributed by atoms with Crippen LogP contribution in [0.4, 0.5) is 5.69 Å². The number of carbonyl (C=O) groups excluding carboxylic acids is 2. The van der Waals surface area contributed by atoms with Crippen LogP contribution in [0, 0.1) is 11.3 Å². The lowest BCUT2D eigenvalue weighted by atomic mass is 9.76. The van der Waals surface area contributed by atoms with Crippen molar-refractivity contribution in [2.75, 3.05) is 18.6 Å². The van der Waals surface area contributed by atoms with Gasteiger partial charge >= 0.3 is 5.97 Å². The Morgan fingerprint density at radius 3 is 2.64 bits per heavy atom. The van der Waals surface area contributed by atoms with Crippen LogP contribution in [-0.2, 0) is 14.3 Å². The van der Waals surface area contributed by atoms with Gasteiger partial charge in [0.1, 0.15) is 0 Å². The fraction of sp³-hybridized carbons (Fsp3) is 0.556. The SMILES string of the molecule is CCOC(=O)C[C@@H]1CCC[C@]1(C)C(=O)N(C)c1ccccc1. The lowest BCUT2D eigenvalue weighted by Gasteiger charge is -2.34. The second-order valence-corrected chi connectivity index (χ2v) is 6.22. The lowest BCUT2D eigenvalue weighted by molar-refractivity contribution is -0.145. The van der Waals surface area contributed by atoms with Crippen molar-refractivity contribution in [3.8, 4) is 0 Å². The maximum absolute atomic E-state index is 13.0. The minimum Gasteiger partial charge on any atom is -0.466 e. The normalized spacial score (nSPS) is 24.0. The molecule has 1 fully saturated rings. The van der Waals surface area contributed by atoms with Crippen molar-refractivity contribution < 1.29 is 14.3 Å². The molecule has 0 unspecified atom stereocenters. The standard InChI is InChI=1S/C18H25NO3/c1-4-22-16(20)13-14-9-8-12-18(14,2)17(21)19(3)15-10-6-5-7-11-15/h5-7,10-11,14H,4,8-9,12-13H2,1-3H3/t14-,18-/m0/s1. The van der Waals surface area contributed by atoms with E-state index in [1.807, 2.05) is 44.3 Å². The average molecular weight is 303 g/mol. The number of anilines is 1. The summed E-state index contributed by atoms with van der Waals surface area (Å²) in [4.78, 5) is 26.5. The molecule has 22 heavy (non-hydrogen) atoms. The Balaban J connectivity index is 2.13. The van der Waals surface area contributed by atoms with Crippen molar-refractivity contribution in [1.82, 2.24) is 0 Å². The molecule has 1 saturated carbocycles. The van der Waals surface area contributed by atoms with Gasteiger partial charge in [-0.3, -0.25) is 9.59 Å². The van der Waals surface area contributed by atoms with E-state index in [-0.39, 0.29) is 17.8 Å². The largest absolute Gasteiger partial charge is 0.466 e. The van der Waals surface area contributed by atoms with E-state index in [9.17, 15) is 9.59 Å². The van der Waals surface area contributed by atoms with Gasteiger partial charge < -0.3 is 9.64 Å². The number of carbonyl (C=O) groups is 2. The van der Waals surface area contributed by atoms with E-state index in [1.165, 1.54) is 0 Å². The van der Waals surface area contributed by atoms with Crippen LogP contribution in [0.3, 0.4) is 0 Å². The number of rotatable bonds is 5. The molecule has 1 aliphatic carbocycles. The number of benzene rings is 1. The van der Waals surface area contributed by atoms with Gasteiger partial charge in [0, 0.05) is 19.2 Å². The summed E-state index contributed by atoms with van der Waals surface area (Å²) in [5.41, 5.74) is 0.396. The summed E-state index contributed by atoms with van der Waals surface area (Å²) in [6.07, 6.45) is 3.05. The molecule has 2 rings (SSSR count). The first-order valence-corrected chi connectivity index (χ1v) is 7.98. The summed E-state index contributed by atoms with van der Waals surface area (Å²) >= 11 is 0. The van der Waals surface area contributed by atoms with Gasteiger partial charge in [-0.05, 0) is 37.8 Å². The van der Waals surface area contributed by atoms with Crippen LogP contribution in [0.15, 0.2) is 30.3 Å². The summed E-state index contributed by atoms with van der Waals surface area (Å²) in [6, 6.07) is 9.63. The van der Waals surface area contributed by atoms with E-state index >= 15 is 0 Å². The third kappa shape index (κ3) is 3.32. The van der Waals surface area contributed by atoms with Gasteiger partial charge in [-0.1, -0.05) is 31.5 Å². The third-order valence-corrected chi connectivity index (χ3v) is 4.80. The van der Waals surface area contributed by atoms with Crippen LogP contribution in [-0.4, -0.2) is 25.5 Å². The van der Waals surface area contributed by atoms with Crippen LogP contribution in [0.2, 0.25) is 0 Å². The highest BCUT2D eigenvalue weighted by Crippen LogP contribution is 2.46. The summed E-state index contributed by atoms with van der Waals surface area (Å²) in [5.74, 6) is -0.0495. The summed E-state index contributed by atoms with van der Waals surface area (Å²) in [6.45, 7) is 4.19. The average Bonchev–Trinajstić information content (AvgIpc) is 2.89. The third-order valence-electron chi connectivity index (χ3n) is 4.80. The highest BCUT2D eigenvalue weighted by molar-refractivity contribution is 5.97. The van der Waals surface area contributed by atoms with Gasteiger partial charge in [-0.2, -0.15) is 0 Å². The van der Waals surface area contributed by atoms with Gasteiger partial charge in [0.15, 0.2) is 0 Å². The zero-order valence-corrected chi connectivity index (χ0v) is 13.7. The van der Waals surface area contributed by atoms with Gasteiger partial charge in [0.2, 0.25) is 5.91 Å². The molecule has 0 N–H and O–H groups in total. The van der Waals surface area contributed by atoms with Crippen LogP contribution >= 0.6 is 0 Å². The number of hydrogen-bond acceptors (Lipinski definition) is 3. The smallest absolute Gasteiger partial charge is 0.306 e. The number of ether oxygens (including phenoxy) is 1. The van der Waals surface area contributed by atoms with Gasteiger partial charge in [-0.25, -0.2) is 0 Å². The van der Waals surface area contributed by atoms with Crippen LogP contribution in [0.5, 0.6) is 0 Å². The van der Waals surface area contributed by atoms with Crippen molar-refractivity contribution in [2.45, 2.75) is 39.5 Å². The molecular formula is C18H25NO3. The van der Waals surface area contributed by atoms with E-state index < -0.39 is 5.41 Å². The molecule has 1 amide bonds. The Kier molecular flexibility index (Phi) is 5.22. The lowest BCUT2D eigenvalue weighted by Crippen LogP contribution is -2.43. The molecule has 4 nitrogen and oxygen atoms in total. The Labute approximate surface area is 132 Å². The molecule has 0 spiro atoms. The number of esters is 1. The molecule has 0 saturated heterocycles.